The molecule has 1 atom stereocenters. The van der Waals surface area contributed by atoms with Gasteiger partial charge in [0.05, 0.1) is 17.8 Å². The second-order valence-electron chi connectivity index (χ2n) is 6.35. The van der Waals surface area contributed by atoms with Gasteiger partial charge in [0.2, 0.25) is 0 Å². The van der Waals surface area contributed by atoms with Gasteiger partial charge >= 0.3 is 13.3 Å². The Labute approximate surface area is 128 Å². The van der Waals surface area contributed by atoms with E-state index in [4.69, 9.17) is 15.9 Å². The minimum atomic E-state index is -4.54. The van der Waals surface area contributed by atoms with Crippen LogP contribution in [0.3, 0.4) is 0 Å². The first-order valence-electron chi connectivity index (χ1n) is 6.88. The maximum atomic E-state index is 13.6. The highest BCUT2D eigenvalue weighted by atomic mass is 19.4. The molecule has 1 aliphatic heterocycles. The molecule has 0 aliphatic carbocycles. The molecule has 0 N–H and O–H groups in total. The summed E-state index contributed by atoms with van der Waals surface area (Å²) in [6.07, 6.45) is -4.54. The molecule has 0 spiro atoms. The van der Waals surface area contributed by atoms with E-state index in [2.05, 4.69) is 4.85 Å². The van der Waals surface area contributed by atoms with Crippen molar-refractivity contribution >= 4 is 12.8 Å². The first-order valence-corrected chi connectivity index (χ1v) is 6.88. The summed E-state index contributed by atoms with van der Waals surface area (Å²) in [5.41, 5.74) is -1.57. The van der Waals surface area contributed by atoms with Crippen molar-refractivity contribution in [1.82, 2.24) is 0 Å². The number of rotatable bonds is 2. The van der Waals surface area contributed by atoms with Gasteiger partial charge in [-0.25, -0.2) is 4.85 Å². The summed E-state index contributed by atoms with van der Waals surface area (Å²) in [6, 6.07) is 5.48. The van der Waals surface area contributed by atoms with Crippen LogP contribution in [-0.2, 0) is 9.31 Å². The molecule has 1 heterocycles. The fourth-order valence-corrected chi connectivity index (χ4v) is 2.31. The van der Waals surface area contributed by atoms with Crippen LogP contribution in [0.4, 0.5) is 18.9 Å². The van der Waals surface area contributed by atoms with Crippen LogP contribution in [0.5, 0.6) is 0 Å². The minimum absolute atomic E-state index is 0.0282. The first kappa shape index (κ1) is 16.8. The van der Waals surface area contributed by atoms with E-state index in [0.717, 1.165) is 0 Å². The van der Waals surface area contributed by atoms with Crippen LogP contribution < -0.4 is 0 Å². The van der Waals surface area contributed by atoms with Crippen molar-refractivity contribution in [2.75, 3.05) is 0 Å². The Balaban J connectivity index is 2.43. The van der Waals surface area contributed by atoms with Crippen molar-refractivity contribution in [3.63, 3.8) is 0 Å². The zero-order valence-electron chi connectivity index (χ0n) is 12.9. The van der Waals surface area contributed by atoms with Gasteiger partial charge in [-0.05, 0) is 33.3 Å². The fourth-order valence-electron chi connectivity index (χ4n) is 2.31. The molecular weight excluding hydrogens is 294 g/mol. The van der Waals surface area contributed by atoms with Gasteiger partial charge in [-0.15, -0.1) is 0 Å². The molecule has 1 saturated heterocycles. The molecule has 0 radical (unpaired) electrons. The van der Waals surface area contributed by atoms with Crippen molar-refractivity contribution < 1.29 is 22.5 Å². The van der Waals surface area contributed by atoms with Gasteiger partial charge in [0, 0.05) is 0 Å². The van der Waals surface area contributed by atoms with Crippen molar-refractivity contribution in [3.8, 4) is 0 Å². The molecule has 1 aromatic rings. The molecule has 2 rings (SSSR count). The third-order valence-electron chi connectivity index (χ3n) is 4.25. The van der Waals surface area contributed by atoms with Crippen LogP contribution in [0.2, 0.25) is 0 Å². The van der Waals surface area contributed by atoms with Gasteiger partial charge in [0.1, 0.15) is 5.82 Å². The molecule has 118 valence electrons. The quantitative estimate of drug-likeness (QED) is 0.592. The molecule has 1 unspecified atom stereocenters. The standard InChI is InChI=1S/C15H17BF3NO2/c1-13(2)14(3,4)22-16(21-13)12(15(17,18)19)10-7-6-8-11(9-10)20-5/h6-9,12H,1-4H3. The molecular formula is C15H17BF3NO2. The lowest BCUT2D eigenvalue weighted by molar-refractivity contribution is -0.138. The maximum absolute atomic E-state index is 13.6. The van der Waals surface area contributed by atoms with E-state index in [0.29, 0.717) is 0 Å². The molecule has 22 heavy (non-hydrogen) atoms. The Hall–Kier alpha value is -1.52. The van der Waals surface area contributed by atoms with E-state index in [9.17, 15) is 13.2 Å². The summed E-state index contributed by atoms with van der Waals surface area (Å²) < 4.78 is 51.8. The van der Waals surface area contributed by atoms with E-state index >= 15 is 0 Å². The van der Waals surface area contributed by atoms with E-state index in [-0.39, 0.29) is 11.3 Å². The second kappa shape index (κ2) is 5.29. The van der Waals surface area contributed by atoms with E-state index in [1.54, 1.807) is 27.7 Å². The van der Waals surface area contributed by atoms with Crippen molar-refractivity contribution in [2.24, 2.45) is 0 Å². The van der Waals surface area contributed by atoms with Gasteiger partial charge in [-0.2, -0.15) is 13.2 Å². The minimum Gasteiger partial charge on any atom is -0.403 e. The van der Waals surface area contributed by atoms with Crippen molar-refractivity contribution in [3.05, 3.63) is 41.2 Å². The summed E-state index contributed by atoms with van der Waals surface area (Å²) in [4.78, 5) is 3.18. The molecule has 1 aliphatic rings. The number of hydrogen-bond donors (Lipinski definition) is 0. The third kappa shape index (κ3) is 2.99. The van der Waals surface area contributed by atoms with E-state index < -0.39 is 30.3 Å². The molecule has 3 nitrogen and oxygen atoms in total. The molecule has 1 aromatic carbocycles. The number of benzene rings is 1. The van der Waals surface area contributed by atoms with Gasteiger partial charge < -0.3 is 9.31 Å². The van der Waals surface area contributed by atoms with Gasteiger partial charge in [-0.1, -0.05) is 24.3 Å². The largest absolute Gasteiger partial charge is 0.475 e. The van der Waals surface area contributed by atoms with Crippen molar-refractivity contribution in [2.45, 2.75) is 50.9 Å². The monoisotopic (exact) mass is 311 g/mol. The normalized spacial score (nSPS) is 21.5. The molecule has 0 aromatic heterocycles. The fraction of sp³-hybridized carbons (Fsp3) is 0.533. The van der Waals surface area contributed by atoms with Crippen LogP contribution in [0.25, 0.3) is 4.85 Å². The van der Waals surface area contributed by atoms with Gasteiger partial charge in [0.25, 0.3) is 0 Å². The Bertz CT molecular complexity index is 592. The highest BCUT2D eigenvalue weighted by Gasteiger charge is 2.60. The van der Waals surface area contributed by atoms with Crippen molar-refractivity contribution in [1.29, 1.82) is 0 Å². The first-order chi connectivity index (χ1) is 9.98. The van der Waals surface area contributed by atoms with Crippen LogP contribution in [0.1, 0.15) is 39.1 Å². The summed E-state index contributed by atoms with van der Waals surface area (Å²) in [5.74, 6) is -1.93. The molecule has 7 heteroatoms. The third-order valence-corrected chi connectivity index (χ3v) is 4.25. The predicted molar refractivity (Wildman–Crippen MR) is 77.6 cm³/mol. The smallest absolute Gasteiger partial charge is 0.403 e. The second-order valence-corrected chi connectivity index (χ2v) is 6.35. The summed E-state index contributed by atoms with van der Waals surface area (Å²) in [6.45, 7) is 13.8. The number of halogens is 3. The lowest BCUT2D eigenvalue weighted by Crippen LogP contribution is -2.41. The average Bonchev–Trinajstić information content (AvgIpc) is 2.56. The lowest BCUT2D eigenvalue weighted by atomic mass is 9.67. The molecule has 0 saturated carbocycles. The van der Waals surface area contributed by atoms with E-state index in [1.807, 2.05) is 0 Å². The highest BCUT2D eigenvalue weighted by Crippen LogP contribution is 2.46. The Kier molecular flexibility index (Phi) is 4.05. The Morgan fingerprint density at radius 3 is 2.14 bits per heavy atom. The maximum Gasteiger partial charge on any atom is 0.475 e. The SMILES string of the molecule is [C-]#[N+]c1cccc(C(B2OC(C)(C)C(C)(C)O2)C(F)(F)F)c1. The number of hydrogen-bond acceptors (Lipinski definition) is 2. The predicted octanol–water partition coefficient (Wildman–Crippen LogP) is 4.51. The van der Waals surface area contributed by atoms with Gasteiger partial charge in [0.15, 0.2) is 5.69 Å². The van der Waals surface area contributed by atoms with Gasteiger partial charge in [-0.3, -0.25) is 0 Å². The topological polar surface area (TPSA) is 22.8 Å². The molecule has 0 amide bonds. The average molecular weight is 311 g/mol. The lowest BCUT2D eigenvalue weighted by Gasteiger charge is -2.32. The number of alkyl halides is 3. The zero-order valence-corrected chi connectivity index (χ0v) is 12.9. The number of nitrogens with zero attached hydrogens (tertiary/aromatic N) is 1. The Morgan fingerprint density at radius 1 is 1.14 bits per heavy atom. The van der Waals surface area contributed by atoms with Crippen LogP contribution in [0, 0.1) is 6.57 Å². The summed E-state index contributed by atoms with van der Waals surface area (Å²) in [7, 11) is -1.44. The Morgan fingerprint density at radius 2 is 1.68 bits per heavy atom. The molecule has 0 bridgehead atoms. The van der Waals surface area contributed by atoms with Crippen LogP contribution >= 0.6 is 0 Å². The zero-order chi connectivity index (χ0) is 16.8. The van der Waals surface area contributed by atoms with E-state index in [1.165, 1.54) is 24.3 Å². The summed E-state index contributed by atoms with van der Waals surface area (Å²) in [5, 5.41) is 0. The summed E-state index contributed by atoms with van der Waals surface area (Å²) >= 11 is 0. The van der Waals surface area contributed by atoms with Crippen LogP contribution in [0.15, 0.2) is 24.3 Å². The highest BCUT2D eigenvalue weighted by molar-refractivity contribution is 6.48. The van der Waals surface area contributed by atoms with Crippen LogP contribution in [-0.4, -0.2) is 24.5 Å². The molecule has 1 fully saturated rings.